The molecule has 0 aliphatic rings. The van der Waals surface area contributed by atoms with E-state index in [2.05, 4.69) is 4.98 Å². The van der Waals surface area contributed by atoms with Gasteiger partial charge in [0.05, 0.1) is 23.6 Å². The molecule has 1 heterocycles. The summed E-state index contributed by atoms with van der Waals surface area (Å²) < 4.78 is 0. The highest BCUT2D eigenvalue weighted by atomic mass is 35.5. The van der Waals surface area contributed by atoms with Crippen molar-refractivity contribution in [2.24, 2.45) is 0 Å². The van der Waals surface area contributed by atoms with Crippen molar-refractivity contribution in [1.29, 1.82) is 5.26 Å². The van der Waals surface area contributed by atoms with Gasteiger partial charge in [-0.15, -0.1) is 0 Å². The van der Waals surface area contributed by atoms with Gasteiger partial charge in [0, 0.05) is 19.0 Å². The normalized spacial score (nSPS) is 10.2. The van der Waals surface area contributed by atoms with Gasteiger partial charge in [-0.1, -0.05) is 29.8 Å². The summed E-state index contributed by atoms with van der Waals surface area (Å²) in [6.07, 6.45) is 0.305. The maximum Gasteiger partial charge on any atom is 0.254 e. The van der Waals surface area contributed by atoms with Crippen molar-refractivity contribution in [3.8, 4) is 6.07 Å². The minimum absolute atomic E-state index is 0.157. The zero-order chi connectivity index (χ0) is 13.8. The van der Waals surface area contributed by atoms with Gasteiger partial charge in [-0.25, -0.2) is 4.98 Å². The van der Waals surface area contributed by atoms with Crippen molar-refractivity contribution < 1.29 is 4.79 Å². The second-order valence-electron chi connectivity index (χ2n) is 4.14. The van der Waals surface area contributed by atoms with Gasteiger partial charge < -0.3 is 4.90 Å². The molecule has 0 spiro atoms. The van der Waals surface area contributed by atoms with Gasteiger partial charge in [0.25, 0.3) is 5.91 Å². The number of hydrogen-bond acceptors (Lipinski definition) is 3. The van der Waals surface area contributed by atoms with Gasteiger partial charge in [-0.3, -0.25) is 4.79 Å². The first-order chi connectivity index (χ1) is 9.13. The minimum Gasteiger partial charge on any atom is -0.341 e. The van der Waals surface area contributed by atoms with Crippen LogP contribution in [0.15, 0.2) is 30.3 Å². The highest BCUT2D eigenvalue weighted by Crippen LogP contribution is 2.21. The van der Waals surface area contributed by atoms with E-state index in [4.69, 9.17) is 16.9 Å². The summed E-state index contributed by atoms with van der Waals surface area (Å²) in [5, 5.41) is 9.62. The Balaban J connectivity index is 2.44. The Morgan fingerprint density at radius 1 is 1.47 bits per heavy atom. The molecular weight excluding hydrogens is 262 g/mol. The molecule has 0 unspecified atom stereocenters. The van der Waals surface area contributed by atoms with E-state index in [-0.39, 0.29) is 11.1 Å². The second-order valence-corrected chi connectivity index (χ2v) is 4.53. The van der Waals surface area contributed by atoms with Crippen molar-refractivity contribution in [2.75, 3.05) is 13.6 Å². The maximum absolute atomic E-state index is 12.3. The molecule has 96 valence electrons. The number of aromatic nitrogens is 1. The largest absolute Gasteiger partial charge is 0.341 e. The molecular formula is C14H12ClN3O. The van der Waals surface area contributed by atoms with Crippen LogP contribution < -0.4 is 0 Å². The molecule has 0 radical (unpaired) electrons. The first kappa shape index (κ1) is 13.3. The third-order valence-electron chi connectivity index (χ3n) is 2.82. The Morgan fingerprint density at radius 2 is 2.21 bits per heavy atom. The Kier molecular flexibility index (Phi) is 3.98. The average Bonchev–Trinajstić information content (AvgIpc) is 2.42. The Hall–Kier alpha value is -2.12. The highest BCUT2D eigenvalue weighted by molar-refractivity contribution is 6.30. The molecule has 2 aromatic rings. The molecule has 1 aromatic carbocycles. The molecule has 19 heavy (non-hydrogen) atoms. The van der Waals surface area contributed by atoms with Crippen LogP contribution in [-0.2, 0) is 0 Å². The van der Waals surface area contributed by atoms with E-state index in [0.29, 0.717) is 24.0 Å². The van der Waals surface area contributed by atoms with Gasteiger partial charge >= 0.3 is 0 Å². The first-order valence-corrected chi connectivity index (χ1v) is 6.19. The highest BCUT2D eigenvalue weighted by Gasteiger charge is 2.16. The first-order valence-electron chi connectivity index (χ1n) is 5.81. The van der Waals surface area contributed by atoms with Gasteiger partial charge in [-0.05, 0) is 12.1 Å². The fourth-order valence-corrected chi connectivity index (χ4v) is 2.05. The minimum atomic E-state index is -0.157. The Morgan fingerprint density at radius 3 is 2.95 bits per heavy atom. The van der Waals surface area contributed by atoms with Gasteiger partial charge in [-0.2, -0.15) is 5.26 Å². The van der Waals surface area contributed by atoms with Crippen LogP contribution in [0.2, 0.25) is 5.15 Å². The fraction of sp³-hybridized carbons (Fsp3) is 0.214. The van der Waals surface area contributed by atoms with Crippen LogP contribution in [0.25, 0.3) is 10.9 Å². The Bertz CT molecular complexity index is 663. The molecule has 0 fully saturated rings. The maximum atomic E-state index is 12.3. The lowest BCUT2D eigenvalue weighted by molar-refractivity contribution is 0.0800. The van der Waals surface area contributed by atoms with Crippen molar-refractivity contribution in [2.45, 2.75) is 6.42 Å². The van der Waals surface area contributed by atoms with Gasteiger partial charge in [0.1, 0.15) is 5.15 Å². The lowest BCUT2D eigenvalue weighted by Gasteiger charge is -2.16. The van der Waals surface area contributed by atoms with Crippen molar-refractivity contribution in [3.63, 3.8) is 0 Å². The summed E-state index contributed by atoms with van der Waals surface area (Å²) in [7, 11) is 1.67. The standard InChI is InChI=1S/C14H12ClN3O/c1-18(8-4-7-16)14(19)11-9-13(15)17-12-6-3-2-5-10(11)12/h2-3,5-6,9H,4,8H2,1H3. The van der Waals surface area contributed by atoms with Gasteiger partial charge in [0.15, 0.2) is 0 Å². The molecule has 1 aromatic heterocycles. The molecule has 0 aliphatic carbocycles. The van der Waals surface area contributed by atoms with Crippen LogP contribution in [0.3, 0.4) is 0 Å². The number of hydrogen-bond donors (Lipinski definition) is 0. The molecule has 4 nitrogen and oxygen atoms in total. The van der Waals surface area contributed by atoms with Crippen LogP contribution in [-0.4, -0.2) is 29.4 Å². The monoisotopic (exact) mass is 273 g/mol. The molecule has 0 bridgehead atoms. The van der Waals surface area contributed by atoms with Crippen LogP contribution in [0, 0.1) is 11.3 Å². The zero-order valence-corrected chi connectivity index (χ0v) is 11.2. The lowest BCUT2D eigenvalue weighted by atomic mass is 10.1. The quantitative estimate of drug-likeness (QED) is 0.808. The molecule has 2 rings (SSSR count). The summed E-state index contributed by atoms with van der Waals surface area (Å²) in [5.41, 5.74) is 1.20. The SMILES string of the molecule is CN(CCC#N)C(=O)c1cc(Cl)nc2ccccc12. The summed E-state index contributed by atoms with van der Waals surface area (Å²) in [6.45, 7) is 0.392. The second kappa shape index (κ2) is 5.68. The molecule has 1 amide bonds. The van der Waals surface area contributed by atoms with E-state index in [1.54, 1.807) is 13.1 Å². The topological polar surface area (TPSA) is 57.0 Å². The smallest absolute Gasteiger partial charge is 0.254 e. The third kappa shape index (κ3) is 2.83. The number of pyridine rings is 1. The van der Waals surface area contributed by atoms with Crippen molar-refractivity contribution in [1.82, 2.24) is 9.88 Å². The number of para-hydroxylation sites is 1. The third-order valence-corrected chi connectivity index (χ3v) is 3.01. The van der Waals surface area contributed by atoms with Crippen LogP contribution >= 0.6 is 11.6 Å². The zero-order valence-electron chi connectivity index (χ0n) is 10.4. The molecule has 0 saturated heterocycles. The molecule has 0 saturated carbocycles. The van der Waals surface area contributed by atoms with E-state index < -0.39 is 0 Å². The summed E-state index contributed by atoms with van der Waals surface area (Å²) in [4.78, 5) is 18.0. The van der Waals surface area contributed by atoms with E-state index in [9.17, 15) is 4.79 Å². The summed E-state index contributed by atoms with van der Waals surface area (Å²) >= 11 is 5.94. The number of carbonyl (C=O) groups is 1. The van der Waals surface area contributed by atoms with E-state index in [1.807, 2.05) is 30.3 Å². The van der Waals surface area contributed by atoms with E-state index >= 15 is 0 Å². The Labute approximate surface area is 116 Å². The average molecular weight is 274 g/mol. The predicted molar refractivity (Wildman–Crippen MR) is 73.9 cm³/mol. The lowest BCUT2D eigenvalue weighted by Crippen LogP contribution is -2.27. The number of benzene rings is 1. The van der Waals surface area contributed by atoms with Crippen LogP contribution in [0.5, 0.6) is 0 Å². The molecule has 0 atom stereocenters. The number of nitriles is 1. The number of halogens is 1. The van der Waals surface area contributed by atoms with Crippen LogP contribution in [0.1, 0.15) is 16.8 Å². The predicted octanol–water partition coefficient (Wildman–Crippen LogP) is 2.87. The summed E-state index contributed by atoms with van der Waals surface area (Å²) in [5.74, 6) is -0.157. The number of rotatable bonds is 3. The number of amides is 1. The molecule has 0 aliphatic heterocycles. The molecule has 0 N–H and O–H groups in total. The van der Waals surface area contributed by atoms with Crippen molar-refractivity contribution in [3.05, 3.63) is 41.0 Å². The van der Waals surface area contributed by atoms with Crippen LogP contribution in [0.4, 0.5) is 0 Å². The van der Waals surface area contributed by atoms with Gasteiger partial charge in [0.2, 0.25) is 0 Å². The van der Waals surface area contributed by atoms with E-state index in [1.165, 1.54) is 4.90 Å². The number of carbonyl (C=O) groups excluding carboxylic acids is 1. The molecule has 5 heteroatoms. The van der Waals surface area contributed by atoms with Crippen molar-refractivity contribution >= 4 is 28.4 Å². The van der Waals surface area contributed by atoms with E-state index in [0.717, 1.165) is 5.39 Å². The number of fused-ring (bicyclic) bond motifs is 1. The fourth-order valence-electron chi connectivity index (χ4n) is 1.84. The number of nitrogens with zero attached hydrogens (tertiary/aromatic N) is 3. The summed E-state index contributed by atoms with van der Waals surface area (Å²) in [6, 6.07) is 10.9.